The molecular formula is C27H23NO3S2. The largest absolute Gasteiger partial charge is 0.286 e. The number of anilines is 1. The molecule has 7 rings (SSSR count). The van der Waals surface area contributed by atoms with E-state index in [1.807, 2.05) is 49.0 Å². The number of aryl methyl sites for hydroxylation is 1. The van der Waals surface area contributed by atoms with Crippen molar-refractivity contribution in [1.29, 1.82) is 0 Å². The number of nitrogens with zero attached hydrogens (tertiary/aromatic N) is 1. The highest BCUT2D eigenvalue weighted by Gasteiger charge is 2.69. The molecule has 0 unspecified atom stereocenters. The van der Waals surface area contributed by atoms with Gasteiger partial charge in [-0.25, -0.2) is 0 Å². The van der Waals surface area contributed by atoms with Gasteiger partial charge in [-0.1, -0.05) is 59.8 Å². The minimum absolute atomic E-state index is 0.0201. The van der Waals surface area contributed by atoms with E-state index in [0.29, 0.717) is 17.4 Å². The third-order valence-electron chi connectivity index (χ3n) is 8.36. The SMILES string of the molecule is Cc1ccc(N2C(=O)[C@@H]3[C@H]4C[C@@H]([C@@H]3C2=O)[C@H]2[C@@H]4SC3=C(SC(=O)C3)[C@@H]2c2ccccc2)cc1. The van der Waals surface area contributed by atoms with Crippen LogP contribution in [0, 0.1) is 36.5 Å². The van der Waals surface area contributed by atoms with Gasteiger partial charge in [0.15, 0.2) is 5.12 Å². The number of imide groups is 1. The van der Waals surface area contributed by atoms with E-state index in [2.05, 4.69) is 24.3 Å². The van der Waals surface area contributed by atoms with Crippen LogP contribution in [0.2, 0.25) is 0 Å². The number of allylic oxidation sites excluding steroid dienone is 2. The highest BCUT2D eigenvalue weighted by molar-refractivity contribution is 8.18. The van der Waals surface area contributed by atoms with E-state index in [1.165, 1.54) is 32.0 Å². The van der Waals surface area contributed by atoms with Crippen molar-refractivity contribution in [3.05, 3.63) is 75.5 Å². The predicted octanol–water partition coefficient (Wildman–Crippen LogP) is 5.14. The third-order valence-corrected chi connectivity index (χ3v) is 11.2. The molecule has 0 aromatic heterocycles. The van der Waals surface area contributed by atoms with Crippen molar-refractivity contribution in [3.8, 4) is 0 Å². The van der Waals surface area contributed by atoms with Gasteiger partial charge in [0.2, 0.25) is 11.8 Å². The minimum atomic E-state index is -0.235. The lowest BCUT2D eigenvalue weighted by molar-refractivity contribution is -0.123. The highest BCUT2D eigenvalue weighted by atomic mass is 32.2. The fraction of sp³-hybridized carbons (Fsp3) is 0.370. The first-order valence-electron chi connectivity index (χ1n) is 11.6. The van der Waals surface area contributed by atoms with Crippen molar-refractivity contribution in [3.63, 3.8) is 0 Å². The van der Waals surface area contributed by atoms with Crippen LogP contribution in [0.1, 0.15) is 29.9 Å². The molecule has 2 bridgehead atoms. The smallest absolute Gasteiger partial charge is 0.238 e. The van der Waals surface area contributed by atoms with Gasteiger partial charge >= 0.3 is 0 Å². The second-order valence-electron chi connectivity index (χ2n) is 9.95. The van der Waals surface area contributed by atoms with E-state index >= 15 is 0 Å². The van der Waals surface area contributed by atoms with Crippen LogP contribution in [0.4, 0.5) is 5.69 Å². The maximum atomic E-state index is 13.7. The summed E-state index contributed by atoms with van der Waals surface area (Å²) in [5, 5.41) is 0.514. The van der Waals surface area contributed by atoms with Gasteiger partial charge in [0, 0.05) is 27.4 Å². The maximum absolute atomic E-state index is 13.7. The Balaban J connectivity index is 1.30. The number of hydrogen-bond donors (Lipinski definition) is 0. The molecule has 2 amide bonds. The zero-order valence-corrected chi connectivity index (χ0v) is 19.8. The van der Waals surface area contributed by atoms with Gasteiger partial charge in [0.05, 0.1) is 17.5 Å². The Kier molecular flexibility index (Phi) is 4.32. The van der Waals surface area contributed by atoms with Gasteiger partial charge in [0.1, 0.15) is 0 Å². The molecule has 7 atom stereocenters. The number of thioether (sulfide) groups is 2. The van der Waals surface area contributed by atoms with E-state index in [-0.39, 0.29) is 52.4 Å². The van der Waals surface area contributed by atoms with Gasteiger partial charge in [-0.05, 0) is 48.8 Å². The molecule has 6 heteroatoms. The van der Waals surface area contributed by atoms with Gasteiger partial charge in [0.25, 0.3) is 0 Å². The number of fused-ring (bicyclic) bond motifs is 8. The Bertz CT molecular complexity index is 1240. The van der Waals surface area contributed by atoms with Crippen molar-refractivity contribution >= 4 is 46.1 Å². The molecule has 2 aromatic rings. The second-order valence-corrected chi connectivity index (χ2v) is 12.3. The number of carbonyl (C=O) groups is 3. The average Bonchev–Trinajstić information content (AvgIpc) is 3.54. The van der Waals surface area contributed by atoms with Crippen molar-refractivity contribution in [1.82, 2.24) is 0 Å². The first kappa shape index (κ1) is 20.1. The van der Waals surface area contributed by atoms with Crippen LogP contribution < -0.4 is 4.90 Å². The average molecular weight is 474 g/mol. The first-order valence-corrected chi connectivity index (χ1v) is 13.3. The number of rotatable bonds is 2. The lowest BCUT2D eigenvalue weighted by Gasteiger charge is -2.44. The Morgan fingerprint density at radius 1 is 0.879 bits per heavy atom. The molecule has 2 saturated carbocycles. The molecule has 1 saturated heterocycles. The number of hydrogen-bond acceptors (Lipinski definition) is 5. The second kappa shape index (κ2) is 7.09. The summed E-state index contributed by atoms with van der Waals surface area (Å²) in [6.45, 7) is 2.01. The fourth-order valence-electron chi connectivity index (χ4n) is 7.18. The molecule has 5 aliphatic rings. The number of carbonyl (C=O) groups excluding carboxylic acids is 3. The van der Waals surface area contributed by atoms with Crippen LogP contribution in [0.25, 0.3) is 0 Å². The molecule has 3 aliphatic heterocycles. The molecule has 4 nitrogen and oxygen atoms in total. The van der Waals surface area contributed by atoms with Gasteiger partial charge < -0.3 is 0 Å². The van der Waals surface area contributed by atoms with E-state index in [1.54, 1.807) is 0 Å². The lowest BCUT2D eigenvalue weighted by atomic mass is 9.68. The Hall–Kier alpha value is -2.31. The van der Waals surface area contributed by atoms with E-state index in [0.717, 1.165) is 12.0 Å². The minimum Gasteiger partial charge on any atom is -0.286 e. The van der Waals surface area contributed by atoms with Crippen molar-refractivity contribution in [2.45, 2.75) is 30.9 Å². The lowest BCUT2D eigenvalue weighted by Crippen LogP contribution is -2.42. The summed E-state index contributed by atoms with van der Waals surface area (Å²) in [5.74, 6) is 0.316. The van der Waals surface area contributed by atoms with Gasteiger partial charge in [-0.15, -0.1) is 11.8 Å². The zero-order chi connectivity index (χ0) is 22.4. The summed E-state index contributed by atoms with van der Waals surface area (Å²) >= 11 is 3.26. The molecule has 33 heavy (non-hydrogen) atoms. The summed E-state index contributed by atoms with van der Waals surface area (Å²) in [6, 6.07) is 18.2. The molecule has 2 aromatic carbocycles. The molecule has 0 N–H and O–H groups in total. The highest BCUT2D eigenvalue weighted by Crippen LogP contribution is 2.70. The van der Waals surface area contributed by atoms with E-state index < -0.39 is 0 Å². The van der Waals surface area contributed by atoms with Gasteiger partial charge in [-0.2, -0.15) is 0 Å². The van der Waals surface area contributed by atoms with Crippen LogP contribution >= 0.6 is 23.5 Å². The van der Waals surface area contributed by atoms with Crippen LogP contribution in [0.3, 0.4) is 0 Å². The van der Waals surface area contributed by atoms with Crippen molar-refractivity contribution < 1.29 is 14.4 Å². The molecule has 166 valence electrons. The molecular weight excluding hydrogens is 450 g/mol. The first-order chi connectivity index (χ1) is 16.0. The van der Waals surface area contributed by atoms with Crippen LogP contribution in [-0.4, -0.2) is 22.2 Å². The zero-order valence-electron chi connectivity index (χ0n) is 18.1. The third kappa shape index (κ3) is 2.71. The number of amides is 2. The van der Waals surface area contributed by atoms with E-state index in [4.69, 9.17) is 0 Å². The van der Waals surface area contributed by atoms with Crippen molar-refractivity contribution in [2.75, 3.05) is 4.90 Å². The Labute approximate surface area is 201 Å². The van der Waals surface area contributed by atoms with Crippen molar-refractivity contribution in [2.24, 2.45) is 29.6 Å². The Morgan fingerprint density at radius 2 is 1.58 bits per heavy atom. The van der Waals surface area contributed by atoms with Gasteiger partial charge in [-0.3, -0.25) is 19.3 Å². The molecule has 0 radical (unpaired) electrons. The van der Waals surface area contributed by atoms with Crippen LogP contribution in [-0.2, 0) is 14.4 Å². The quantitative estimate of drug-likeness (QED) is 0.565. The predicted molar refractivity (Wildman–Crippen MR) is 131 cm³/mol. The summed E-state index contributed by atoms with van der Waals surface area (Å²) in [4.78, 5) is 43.6. The topological polar surface area (TPSA) is 54.5 Å². The normalized spacial score (nSPS) is 36.5. The molecule has 0 spiro atoms. The maximum Gasteiger partial charge on any atom is 0.238 e. The molecule has 3 fully saturated rings. The molecule has 3 heterocycles. The number of benzene rings is 2. The molecule has 2 aliphatic carbocycles. The summed E-state index contributed by atoms with van der Waals surface area (Å²) < 4.78 is 0. The van der Waals surface area contributed by atoms with Crippen LogP contribution in [0.15, 0.2) is 64.4 Å². The summed E-state index contributed by atoms with van der Waals surface area (Å²) in [5.41, 5.74) is 3.04. The monoisotopic (exact) mass is 473 g/mol. The standard InChI is InChI=1S/C27H23NO3S2/c1-13-7-9-15(10-8-13)28-26(30)22-16-11-17(23(22)27(28)31)24-21(16)20(14-5-3-2-4-6-14)25-18(32-24)12-19(29)33-25/h2-10,16-17,20-24H,11-12H2,1H3/t16-,17-,20-,21-,22+,23-,24-/m1/s1. The van der Waals surface area contributed by atoms with Crippen LogP contribution in [0.5, 0.6) is 0 Å². The fourth-order valence-corrected chi connectivity index (χ4v) is 10.4. The summed E-state index contributed by atoms with van der Waals surface area (Å²) in [7, 11) is 0. The van der Waals surface area contributed by atoms with E-state index in [9.17, 15) is 14.4 Å². The Morgan fingerprint density at radius 3 is 2.30 bits per heavy atom. The summed E-state index contributed by atoms with van der Waals surface area (Å²) in [6.07, 6.45) is 1.45.